The summed E-state index contributed by atoms with van der Waals surface area (Å²) in [5, 5.41) is 16.4. The Morgan fingerprint density at radius 3 is 2.74 bits per heavy atom. The number of hydrogen-bond donors (Lipinski definition) is 3. The summed E-state index contributed by atoms with van der Waals surface area (Å²) in [6.07, 6.45) is 4.90. The Hall–Kier alpha value is -0.610. The summed E-state index contributed by atoms with van der Waals surface area (Å²) in [5.41, 5.74) is -0.250. The zero-order chi connectivity index (χ0) is 13.9. The van der Waals surface area contributed by atoms with Crippen LogP contribution in [0.4, 0.5) is 0 Å². The van der Waals surface area contributed by atoms with Gasteiger partial charge in [-0.3, -0.25) is 4.79 Å². The highest BCUT2D eigenvalue weighted by atomic mass is 16.3. The Morgan fingerprint density at radius 2 is 2.16 bits per heavy atom. The van der Waals surface area contributed by atoms with Crippen LogP contribution in [0, 0.1) is 17.3 Å². The number of carbonyl (C=O) groups excluding carboxylic acids is 1. The van der Waals surface area contributed by atoms with Crippen LogP contribution < -0.4 is 10.6 Å². The molecular weight excluding hydrogens is 240 g/mol. The molecule has 4 nitrogen and oxygen atoms in total. The second-order valence-electron chi connectivity index (χ2n) is 6.56. The van der Waals surface area contributed by atoms with Crippen molar-refractivity contribution in [3.8, 4) is 0 Å². The van der Waals surface area contributed by atoms with Gasteiger partial charge in [-0.15, -0.1) is 0 Å². The molecule has 0 aromatic carbocycles. The smallest absolute Gasteiger partial charge is 0.227 e. The molecule has 0 spiro atoms. The quantitative estimate of drug-likeness (QED) is 0.720. The molecule has 19 heavy (non-hydrogen) atoms. The summed E-state index contributed by atoms with van der Waals surface area (Å²) in [4.78, 5) is 12.5. The van der Waals surface area contributed by atoms with Crippen LogP contribution in [0.3, 0.4) is 0 Å². The second kappa shape index (κ2) is 6.23. The van der Waals surface area contributed by atoms with Crippen LogP contribution in [-0.4, -0.2) is 36.8 Å². The number of aliphatic hydroxyl groups excluding tert-OH is 1. The minimum atomic E-state index is -0.250. The standard InChI is InChI=1S/C15H28N2O2/c1-11(2)15(7-8-16-10-15)14(19)17-9-12-5-3-4-6-13(12)18/h11-13,16,18H,3-10H2,1-2H3,(H,17,19). The van der Waals surface area contributed by atoms with Gasteiger partial charge in [0.1, 0.15) is 0 Å². The van der Waals surface area contributed by atoms with Gasteiger partial charge in [0, 0.05) is 19.0 Å². The zero-order valence-corrected chi connectivity index (χ0v) is 12.2. The van der Waals surface area contributed by atoms with Crippen LogP contribution in [0.5, 0.6) is 0 Å². The van der Waals surface area contributed by atoms with Crippen molar-refractivity contribution in [2.24, 2.45) is 17.3 Å². The molecular formula is C15H28N2O2. The van der Waals surface area contributed by atoms with Crippen molar-refractivity contribution in [3.05, 3.63) is 0 Å². The van der Waals surface area contributed by atoms with Crippen LogP contribution in [0.15, 0.2) is 0 Å². The van der Waals surface area contributed by atoms with Gasteiger partial charge in [-0.25, -0.2) is 0 Å². The lowest BCUT2D eigenvalue weighted by molar-refractivity contribution is -0.132. The third-order valence-corrected chi connectivity index (χ3v) is 5.14. The molecule has 1 heterocycles. The Bertz CT molecular complexity index is 311. The normalized spacial score (nSPS) is 35.6. The Kier molecular flexibility index (Phi) is 4.85. The van der Waals surface area contributed by atoms with Crippen molar-refractivity contribution in [2.45, 2.75) is 52.1 Å². The summed E-state index contributed by atoms with van der Waals surface area (Å²) in [7, 11) is 0. The molecule has 2 rings (SSSR count). The molecule has 0 radical (unpaired) electrons. The van der Waals surface area contributed by atoms with Gasteiger partial charge in [-0.1, -0.05) is 26.7 Å². The Balaban J connectivity index is 1.89. The summed E-state index contributed by atoms with van der Waals surface area (Å²) in [6.45, 7) is 6.60. The van der Waals surface area contributed by atoms with E-state index in [2.05, 4.69) is 24.5 Å². The molecule has 1 aliphatic carbocycles. The average Bonchev–Trinajstić information content (AvgIpc) is 2.88. The first kappa shape index (κ1) is 14.8. The van der Waals surface area contributed by atoms with Crippen LogP contribution in [0.2, 0.25) is 0 Å². The van der Waals surface area contributed by atoms with Gasteiger partial charge in [-0.05, 0) is 31.7 Å². The van der Waals surface area contributed by atoms with Crippen molar-refractivity contribution in [3.63, 3.8) is 0 Å². The molecule has 0 bridgehead atoms. The predicted octanol–water partition coefficient (Wildman–Crippen LogP) is 1.29. The van der Waals surface area contributed by atoms with E-state index in [1.54, 1.807) is 0 Å². The lowest BCUT2D eigenvalue weighted by atomic mass is 9.75. The third kappa shape index (κ3) is 3.11. The zero-order valence-electron chi connectivity index (χ0n) is 12.2. The Morgan fingerprint density at radius 1 is 1.42 bits per heavy atom. The van der Waals surface area contributed by atoms with Gasteiger partial charge in [0.05, 0.1) is 11.5 Å². The maximum Gasteiger partial charge on any atom is 0.227 e. The fourth-order valence-electron chi connectivity index (χ4n) is 3.49. The van der Waals surface area contributed by atoms with E-state index in [-0.39, 0.29) is 23.3 Å². The fourth-order valence-corrected chi connectivity index (χ4v) is 3.49. The van der Waals surface area contributed by atoms with Crippen LogP contribution in [0.1, 0.15) is 46.0 Å². The summed E-state index contributed by atoms with van der Waals surface area (Å²) in [5.74, 6) is 0.764. The number of aliphatic hydroxyl groups is 1. The van der Waals surface area contributed by atoms with Gasteiger partial charge in [0.15, 0.2) is 0 Å². The first-order valence-corrected chi connectivity index (χ1v) is 7.73. The van der Waals surface area contributed by atoms with E-state index in [9.17, 15) is 9.90 Å². The highest BCUT2D eigenvalue weighted by Gasteiger charge is 2.43. The fraction of sp³-hybridized carbons (Fsp3) is 0.933. The molecule has 2 fully saturated rings. The third-order valence-electron chi connectivity index (χ3n) is 5.14. The average molecular weight is 268 g/mol. The lowest BCUT2D eigenvalue weighted by Gasteiger charge is -2.33. The molecule has 110 valence electrons. The highest BCUT2D eigenvalue weighted by molar-refractivity contribution is 5.83. The molecule has 1 aliphatic heterocycles. The molecule has 3 atom stereocenters. The predicted molar refractivity (Wildman–Crippen MR) is 75.7 cm³/mol. The summed E-state index contributed by atoms with van der Waals surface area (Å²) in [6, 6.07) is 0. The van der Waals surface area contributed by atoms with E-state index in [0.717, 1.165) is 38.8 Å². The topological polar surface area (TPSA) is 61.4 Å². The van der Waals surface area contributed by atoms with Crippen molar-refractivity contribution < 1.29 is 9.90 Å². The number of hydrogen-bond acceptors (Lipinski definition) is 3. The van der Waals surface area contributed by atoms with Gasteiger partial charge < -0.3 is 15.7 Å². The number of rotatable bonds is 4. The maximum absolute atomic E-state index is 12.5. The van der Waals surface area contributed by atoms with E-state index >= 15 is 0 Å². The van der Waals surface area contributed by atoms with Gasteiger partial charge in [-0.2, -0.15) is 0 Å². The van der Waals surface area contributed by atoms with Crippen molar-refractivity contribution in [1.82, 2.24) is 10.6 Å². The van der Waals surface area contributed by atoms with Crippen LogP contribution >= 0.6 is 0 Å². The monoisotopic (exact) mass is 268 g/mol. The molecule has 1 saturated carbocycles. The Labute approximate surface area is 116 Å². The van der Waals surface area contributed by atoms with Gasteiger partial charge in [0.25, 0.3) is 0 Å². The summed E-state index contributed by atoms with van der Waals surface area (Å²) >= 11 is 0. The van der Waals surface area contributed by atoms with Gasteiger partial charge >= 0.3 is 0 Å². The first-order chi connectivity index (χ1) is 9.06. The SMILES string of the molecule is CC(C)C1(C(=O)NCC2CCCCC2O)CCNC1. The largest absolute Gasteiger partial charge is 0.393 e. The number of amides is 1. The highest BCUT2D eigenvalue weighted by Crippen LogP contribution is 2.34. The molecule has 0 aromatic rings. The van der Waals surface area contributed by atoms with Crippen molar-refractivity contribution in [2.75, 3.05) is 19.6 Å². The van der Waals surface area contributed by atoms with Gasteiger partial charge in [0.2, 0.25) is 5.91 Å². The number of carbonyl (C=O) groups is 1. The lowest BCUT2D eigenvalue weighted by Crippen LogP contribution is -2.48. The van der Waals surface area contributed by atoms with Crippen molar-refractivity contribution >= 4 is 5.91 Å². The van der Waals surface area contributed by atoms with E-state index in [4.69, 9.17) is 0 Å². The molecule has 0 aromatic heterocycles. The van der Waals surface area contributed by atoms with Crippen molar-refractivity contribution in [1.29, 1.82) is 0 Å². The molecule has 1 amide bonds. The summed E-state index contributed by atoms with van der Waals surface area (Å²) < 4.78 is 0. The first-order valence-electron chi connectivity index (χ1n) is 7.73. The van der Waals surface area contributed by atoms with E-state index < -0.39 is 0 Å². The van der Waals surface area contributed by atoms with E-state index in [0.29, 0.717) is 12.5 Å². The minimum Gasteiger partial charge on any atom is -0.393 e. The maximum atomic E-state index is 12.5. The van der Waals surface area contributed by atoms with E-state index in [1.807, 2.05) is 0 Å². The molecule has 3 unspecified atom stereocenters. The molecule has 1 saturated heterocycles. The van der Waals surface area contributed by atoms with E-state index in [1.165, 1.54) is 6.42 Å². The number of nitrogens with one attached hydrogen (secondary N) is 2. The molecule has 4 heteroatoms. The molecule has 3 N–H and O–H groups in total. The molecule has 2 aliphatic rings. The minimum absolute atomic E-state index is 0.172. The second-order valence-corrected chi connectivity index (χ2v) is 6.56. The van der Waals surface area contributed by atoms with Crippen LogP contribution in [0.25, 0.3) is 0 Å². The van der Waals surface area contributed by atoms with Crippen LogP contribution in [-0.2, 0) is 4.79 Å².